The van der Waals surface area contributed by atoms with E-state index in [0.29, 0.717) is 0 Å². The van der Waals surface area contributed by atoms with Crippen LogP contribution in [0, 0.1) is 0 Å². The van der Waals surface area contributed by atoms with Gasteiger partial charge in [0.05, 0.1) is 5.52 Å². The highest BCUT2D eigenvalue weighted by molar-refractivity contribution is 6.22. The Kier molecular flexibility index (Phi) is 3.80. The lowest BCUT2D eigenvalue weighted by atomic mass is 9.93. The zero-order valence-electron chi connectivity index (χ0n) is 16.1. The summed E-state index contributed by atoms with van der Waals surface area (Å²) >= 11 is 0. The zero-order chi connectivity index (χ0) is 19.3. The molecule has 0 amide bonds. The number of aromatic nitrogens is 1. The summed E-state index contributed by atoms with van der Waals surface area (Å²) in [6.45, 7) is 3.79. The maximum absolute atomic E-state index is 12.7. The van der Waals surface area contributed by atoms with Gasteiger partial charge in [-0.3, -0.25) is 9.36 Å². The van der Waals surface area contributed by atoms with E-state index in [9.17, 15) is 4.79 Å². The Bertz CT molecular complexity index is 1310. The molecule has 0 N–H and O–H groups in total. The van der Waals surface area contributed by atoms with Crippen LogP contribution in [0.25, 0.3) is 43.9 Å². The lowest BCUT2D eigenvalue weighted by Gasteiger charge is -2.20. The fraction of sp³-hybridized carbons (Fsp3) is 0.115. The van der Waals surface area contributed by atoms with Crippen molar-refractivity contribution in [1.82, 2.24) is 4.57 Å². The van der Waals surface area contributed by atoms with Gasteiger partial charge in [-0.05, 0) is 34.4 Å². The van der Waals surface area contributed by atoms with Gasteiger partial charge in [0.1, 0.15) is 0 Å². The SMILES string of the molecule is CCc1c2c3ccccc3c(-c3ccccc3)c-2c2ccccc2n1C(C)=O. The molecule has 0 spiro atoms. The molecule has 28 heavy (non-hydrogen) atoms. The molecule has 5 rings (SSSR count). The predicted octanol–water partition coefficient (Wildman–Crippen LogP) is 6.79. The van der Waals surface area contributed by atoms with Gasteiger partial charge in [0.15, 0.2) is 0 Å². The van der Waals surface area contributed by atoms with Crippen molar-refractivity contribution >= 4 is 27.6 Å². The van der Waals surface area contributed by atoms with Crippen LogP contribution >= 0.6 is 0 Å². The van der Waals surface area contributed by atoms with Crippen molar-refractivity contribution in [3.8, 4) is 22.3 Å². The van der Waals surface area contributed by atoms with Crippen LogP contribution in [0.2, 0.25) is 0 Å². The third-order valence-corrected chi connectivity index (χ3v) is 5.65. The molecule has 0 saturated carbocycles. The Morgan fingerprint density at radius 2 is 1.29 bits per heavy atom. The molecule has 0 aromatic heterocycles. The van der Waals surface area contributed by atoms with Gasteiger partial charge < -0.3 is 0 Å². The standard InChI is InChI=1S/C26H21NO/c1-3-22-25-20-14-8-7-13-19(20)24(18-11-5-4-6-12-18)26(25)21-15-9-10-16-23(21)27(22)17(2)28/h4-16H,3H2,1-2H3. The van der Waals surface area contributed by atoms with Crippen LogP contribution in [0.3, 0.4) is 0 Å². The number of carbonyl (C=O) groups excluding carboxylic acids is 1. The van der Waals surface area contributed by atoms with Crippen LogP contribution in [0.4, 0.5) is 0 Å². The monoisotopic (exact) mass is 363 g/mol. The Labute approximate surface area is 164 Å². The summed E-state index contributed by atoms with van der Waals surface area (Å²) in [5, 5.41) is 3.58. The molecule has 0 bridgehead atoms. The average molecular weight is 363 g/mol. The van der Waals surface area contributed by atoms with Crippen molar-refractivity contribution in [1.29, 1.82) is 0 Å². The number of pyridine rings is 1. The summed E-state index contributed by atoms with van der Waals surface area (Å²) in [4.78, 5) is 12.7. The van der Waals surface area contributed by atoms with Gasteiger partial charge in [-0.2, -0.15) is 0 Å². The van der Waals surface area contributed by atoms with E-state index in [1.165, 1.54) is 33.0 Å². The summed E-state index contributed by atoms with van der Waals surface area (Å²) < 4.78 is 1.90. The third kappa shape index (κ3) is 2.24. The van der Waals surface area contributed by atoms with Crippen LogP contribution in [0.1, 0.15) is 24.3 Å². The van der Waals surface area contributed by atoms with E-state index in [0.717, 1.165) is 23.0 Å². The first-order valence-electron chi connectivity index (χ1n) is 9.75. The molecule has 3 aromatic rings. The van der Waals surface area contributed by atoms with Crippen molar-refractivity contribution < 1.29 is 4.79 Å². The Balaban J connectivity index is 2.12. The number of hydrogen-bond donors (Lipinski definition) is 0. The van der Waals surface area contributed by atoms with E-state index >= 15 is 0 Å². The minimum atomic E-state index is 0.0569. The van der Waals surface area contributed by atoms with Gasteiger partial charge in [-0.1, -0.05) is 79.7 Å². The van der Waals surface area contributed by atoms with Gasteiger partial charge in [-0.25, -0.2) is 0 Å². The summed E-state index contributed by atoms with van der Waals surface area (Å²) in [5.41, 5.74) is 6.98. The zero-order valence-corrected chi connectivity index (χ0v) is 16.1. The summed E-state index contributed by atoms with van der Waals surface area (Å²) in [5.74, 6) is 0.0569. The van der Waals surface area contributed by atoms with E-state index < -0.39 is 0 Å². The molecule has 0 fully saturated rings. The first-order chi connectivity index (χ1) is 13.7. The smallest absolute Gasteiger partial charge is 0.228 e. The van der Waals surface area contributed by atoms with Crippen molar-refractivity contribution in [2.75, 3.05) is 0 Å². The maximum atomic E-state index is 12.7. The van der Waals surface area contributed by atoms with Crippen LogP contribution in [-0.2, 0) is 6.42 Å². The molecule has 1 aliphatic carbocycles. The first kappa shape index (κ1) is 16.8. The molecular weight excluding hydrogens is 342 g/mol. The van der Waals surface area contributed by atoms with Crippen molar-refractivity contribution in [2.45, 2.75) is 20.3 Å². The predicted molar refractivity (Wildman–Crippen MR) is 117 cm³/mol. The molecule has 1 aliphatic heterocycles. The summed E-state index contributed by atoms with van der Waals surface area (Å²) in [6, 6.07) is 27.4. The van der Waals surface area contributed by atoms with Crippen LogP contribution in [-0.4, -0.2) is 10.5 Å². The number of benzene rings is 3. The van der Waals surface area contributed by atoms with E-state index in [2.05, 4.69) is 79.7 Å². The largest absolute Gasteiger partial charge is 0.284 e. The summed E-state index contributed by atoms with van der Waals surface area (Å²) in [6.07, 6.45) is 0.795. The van der Waals surface area contributed by atoms with Gasteiger partial charge in [0.25, 0.3) is 0 Å². The quantitative estimate of drug-likeness (QED) is 0.338. The molecule has 0 saturated heterocycles. The number of para-hydroxylation sites is 1. The average Bonchev–Trinajstić information content (AvgIpc) is 3.08. The molecule has 2 aliphatic rings. The highest BCUT2D eigenvalue weighted by atomic mass is 16.1. The Morgan fingerprint density at radius 1 is 0.714 bits per heavy atom. The molecule has 2 nitrogen and oxygen atoms in total. The fourth-order valence-electron chi connectivity index (χ4n) is 4.62. The highest BCUT2D eigenvalue weighted by Crippen LogP contribution is 2.50. The van der Waals surface area contributed by atoms with Gasteiger partial charge in [-0.15, -0.1) is 0 Å². The number of rotatable bonds is 2. The second kappa shape index (κ2) is 6.35. The molecular formula is C26H21NO. The van der Waals surface area contributed by atoms with Crippen molar-refractivity contribution in [2.24, 2.45) is 0 Å². The topological polar surface area (TPSA) is 22.0 Å². The molecule has 2 heteroatoms. The Morgan fingerprint density at radius 3 is 1.93 bits per heavy atom. The minimum Gasteiger partial charge on any atom is -0.284 e. The maximum Gasteiger partial charge on any atom is 0.228 e. The second-order valence-corrected chi connectivity index (χ2v) is 7.21. The van der Waals surface area contributed by atoms with Crippen LogP contribution in [0.15, 0.2) is 78.9 Å². The van der Waals surface area contributed by atoms with Crippen LogP contribution in [0.5, 0.6) is 0 Å². The van der Waals surface area contributed by atoms with E-state index in [-0.39, 0.29) is 5.91 Å². The second-order valence-electron chi connectivity index (χ2n) is 7.21. The molecule has 0 atom stereocenters. The van der Waals surface area contributed by atoms with Gasteiger partial charge in [0, 0.05) is 29.1 Å². The number of nitrogens with zero attached hydrogens (tertiary/aromatic N) is 1. The molecule has 0 radical (unpaired) electrons. The van der Waals surface area contributed by atoms with E-state index in [1.807, 2.05) is 10.6 Å². The van der Waals surface area contributed by atoms with Gasteiger partial charge >= 0.3 is 0 Å². The molecule has 136 valence electrons. The van der Waals surface area contributed by atoms with Crippen LogP contribution < -0.4 is 0 Å². The summed E-state index contributed by atoms with van der Waals surface area (Å²) in [7, 11) is 0. The lowest BCUT2D eigenvalue weighted by molar-refractivity contribution is 0.0938. The lowest BCUT2D eigenvalue weighted by Crippen LogP contribution is -2.15. The number of carbonyl (C=O) groups is 1. The molecule has 1 heterocycles. The normalized spacial score (nSPS) is 11.5. The van der Waals surface area contributed by atoms with E-state index in [4.69, 9.17) is 0 Å². The number of fused-ring (bicyclic) bond motifs is 5. The van der Waals surface area contributed by atoms with Crippen molar-refractivity contribution in [3.05, 3.63) is 84.6 Å². The minimum absolute atomic E-state index is 0.0569. The third-order valence-electron chi connectivity index (χ3n) is 5.65. The van der Waals surface area contributed by atoms with E-state index in [1.54, 1.807) is 6.92 Å². The van der Waals surface area contributed by atoms with Gasteiger partial charge in [0.2, 0.25) is 5.91 Å². The fourth-order valence-corrected chi connectivity index (χ4v) is 4.62. The first-order valence-corrected chi connectivity index (χ1v) is 9.75. The van der Waals surface area contributed by atoms with Crippen molar-refractivity contribution in [3.63, 3.8) is 0 Å². The molecule has 0 unspecified atom stereocenters. The Hall–Kier alpha value is -3.39. The number of hydrogen-bond acceptors (Lipinski definition) is 1. The molecule has 3 aromatic carbocycles. The highest BCUT2D eigenvalue weighted by Gasteiger charge is 2.27.